The number of aliphatic hydroxyl groups excluding tert-OH is 11. The molecule has 1 amide bonds. The lowest BCUT2D eigenvalue weighted by Crippen LogP contribution is -2.66. The van der Waals surface area contributed by atoms with Gasteiger partial charge in [-0.2, -0.15) is 0 Å². The molecule has 0 spiro atoms. The number of rotatable bonds is 40. The van der Waals surface area contributed by atoms with Crippen LogP contribution in [0.2, 0.25) is 0 Å². The van der Waals surface area contributed by atoms with E-state index in [2.05, 4.69) is 19.2 Å². The van der Waals surface area contributed by atoms with E-state index in [1.807, 2.05) is 0 Å². The van der Waals surface area contributed by atoms with Crippen molar-refractivity contribution in [1.29, 1.82) is 0 Å². The van der Waals surface area contributed by atoms with Gasteiger partial charge in [-0.3, -0.25) is 4.79 Å². The van der Waals surface area contributed by atoms with Gasteiger partial charge in [0, 0.05) is 6.42 Å². The summed E-state index contributed by atoms with van der Waals surface area (Å²) in [6.45, 7) is 1.77. The van der Waals surface area contributed by atoms with E-state index < -0.39 is 124 Å². The first kappa shape index (κ1) is 64.1. The van der Waals surface area contributed by atoms with Crippen LogP contribution in [0.15, 0.2) is 0 Å². The van der Waals surface area contributed by atoms with Crippen LogP contribution in [0.25, 0.3) is 0 Å². The highest BCUT2D eigenvalue weighted by Crippen LogP contribution is 2.33. The first-order valence-electron chi connectivity index (χ1n) is 27.8. The molecule has 0 bridgehead atoms. The van der Waals surface area contributed by atoms with Crippen molar-refractivity contribution in [3.05, 3.63) is 0 Å². The van der Waals surface area contributed by atoms with Crippen molar-refractivity contribution in [2.45, 2.75) is 298 Å². The average Bonchev–Trinajstić information content (AvgIpc) is 3.36. The van der Waals surface area contributed by atoms with E-state index in [-0.39, 0.29) is 18.9 Å². The monoisotopic (exact) mass is 1030 g/mol. The van der Waals surface area contributed by atoms with Gasteiger partial charge in [0.25, 0.3) is 0 Å². The summed E-state index contributed by atoms with van der Waals surface area (Å²) in [7, 11) is 0. The summed E-state index contributed by atoms with van der Waals surface area (Å²) in [6, 6.07) is -0.878. The minimum atomic E-state index is -1.97. The summed E-state index contributed by atoms with van der Waals surface area (Å²) in [6.07, 6.45) is 4.84. The second kappa shape index (κ2) is 37.5. The second-order valence-electron chi connectivity index (χ2n) is 20.4. The molecule has 3 fully saturated rings. The maximum atomic E-state index is 13.3. The molecule has 0 radical (unpaired) electrons. The molecular formula is C52H99NO18. The molecule has 0 aromatic carbocycles. The molecule has 0 aromatic rings. The van der Waals surface area contributed by atoms with Gasteiger partial charge in [0.15, 0.2) is 18.9 Å². The third-order valence-electron chi connectivity index (χ3n) is 14.4. The summed E-state index contributed by atoms with van der Waals surface area (Å²) in [5.41, 5.74) is 0. The van der Waals surface area contributed by atoms with Crippen LogP contribution < -0.4 is 5.32 Å². The molecule has 71 heavy (non-hydrogen) atoms. The molecule has 3 aliphatic heterocycles. The minimum Gasteiger partial charge on any atom is -0.394 e. The SMILES string of the molecule is CCCCCCCCCCCCCCCCC(=O)NC(COC1OC(CO)C(OC2OC(CO)C(OC3OC(CO)C(O)C(O)C3O)C(O)C2O)C(O)C1O)C(O)CCCCCCCCCCCCCC. The van der Waals surface area contributed by atoms with Crippen molar-refractivity contribution in [2.24, 2.45) is 0 Å². The Bertz CT molecular complexity index is 1320. The second-order valence-corrected chi connectivity index (χ2v) is 20.4. The largest absolute Gasteiger partial charge is 0.394 e. The van der Waals surface area contributed by atoms with Crippen molar-refractivity contribution < 1.29 is 89.4 Å². The van der Waals surface area contributed by atoms with E-state index in [0.29, 0.717) is 12.8 Å². The molecule has 17 atom stereocenters. The Hall–Kier alpha value is -1.21. The van der Waals surface area contributed by atoms with Crippen molar-refractivity contribution in [1.82, 2.24) is 5.32 Å². The third-order valence-corrected chi connectivity index (χ3v) is 14.4. The summed E-state index contributed by atoms with van der Waals surface area (Å²) in [4.78, 5) is 13.3. The molecular weight excluding hydrogens is 927 g/mol. The Morgan fingerprint density at radius 2 is 0.803 bits per heavy atom. The quantitative estimate of drug-likeness (QED) is 0.0392. The number of carbonyl (C=O) groups excluding carboxylic acids is 1. The van der Waals surface area contributed by atoms with Crippen molar-refractivity contribution in [3.8, 4) is 0 Å². The maximum absolute atomic E-state index is 13.3. The van der Waals surface area contributed by atoms with Gasteiger partial charge >= 0.3 is 0 Å². The lowest BCUT2D eigenvalue weighted by atomic mass is 9.96. The Kier molecular flexibility index (Phi) is 33.9. The summed E-state index contributed by atoms with van der Waals surface area (Å²) in [5, 5.41) is 120. The van der Waals surface area contributed by atoms with Crippen LogP contribution in [0.5, 0.6) is 0 Å². The molecule has 3 rings (SSSR count). The third kappa shape index (κ3) is 22.9. The number of ether oxygens (including phenoxy) is 6. The highest BCUT2D eigenvalue weighted by Gasteiger charge is 2.53. The normalized spacial score (nSPS) is 32.2. The Morgan fingerprint density at radius 1 is 0.451 bits per heavy atom. The highest BCUT2D eigenvalue weighted by atomic mass is 16.8. The molecule has 0 aromatic heterocycles. The lowest BCUT2D eigenvalue weighted by molar-refractivity contribution is -0.379. The van der Waals surface area contributed by atoms with Gasteiger partial charge in [0.1, 0.15) is 73.2 Å². The van der Waals surface area contributed by atoms with Crippen LogP contribution >= 0.6 is 0 Å². The van der Waals surface area contributed by atoms with Gasteiger partial charge < -0.3 is 89.9 Å². The molecule has 3 aliphatic rings. The fourth-order valence-corrected chi connectivity index (χ4v) is 9.78. The van der Waals surface area contributed by atoms with Gasteiger partial charge in [0.05, 0.1) is 38.6 Å². The molecule has 12 N–H and O–H groups in total. The minimum absolute atomic E-state index is 0.242. The smallest absolute Gasteiger partial charge is 0.220 e. The Morgan fingerprint density at radius 3 is 1.23 bits per heavy atom. The van der Waals surface area contributed by atoms with Crippen LogP contribution in [0.1, 0.15) is 194 Å². The first-order valence-corrected chi connectivity index (χ1v) is 27.8. The number of hydrogen-bond donors (Lipinski definition) is 12. The fraction of sp³-hybridized carbons (Fsp3) is 0.981. The van der Waals surface area contributed by atoms with E-state index in [9.17, 15) is 61.0 Å². The molecule has 420 valence electrons. The van der Waals surface area contributed by atoms with Gasteiger partial charge in [-0.1, -0.05) is 174 Å². The van der Waals surface area contributed by atoms with Gasteiger partial charge in [-0.05, 0) is 12.8 Å². The van der Waals surface area contributed by atoms with E-state index in [4.69, 9.17) is 28.4 Å². The topological polar surface area (TPSA) is 307 Å². The molecule has 0 aliphatic carbocycles. The van der Waals surface area contributed by atoms with E-state index >= 15 is 0 Å². The number of unbranched alkanes of at least 4 members (excludes halogenated alkanes) is 24. The van der Waals surface area contributed by atoms with E-state index in [1.54, 1.807) is 0 Å². The maximum Gasteiger partial charge on any atom is 0.220 e. The van der Waals surface area contributed by atoms with Crippen LogP contribution in [-0.4, -0.2) is 193 Å². The molecule has 3 saturated heterocycles. The molecule has 17 unspecified atom stereocenters. The van der Waals surface area contributed by atoms with Gasteiger partial charge in [-0.15, -0.1) is 0 Å². The van der Waals surface area contributed by atoms with E-state index in [1.165, 1.54) is 116 Å². The highest BCUT2D eigenvalue weighted by molar-refractivity contribution is 5.76. The summed E-state index contributed by atoms with van der Waals surface area (Å²) in [5.74, 6) is -0.242. The van der Waals surface area contributed by atoms with Gasteiger partial charge in [0.2, 0.25) is 5.91 Å². The zero-order valence-corrected chi connectivity index (χ0v) is 43.2. The van der Waals surface area contributed by atoms with Crippen LogP contribution in [0.4, 0.5) is 0 Å². The zero-order chi connectivity index (χ0) is 52.0. The number of hydrogen-bond acceptors (Lipinski definition) is 18. The lowest BCUT2D eigenvalue weighted by Gasteiger charge is -2.48. The fourth-order valence-electron chi connectivity index (χ4n) is 9.78. The van der Waals surface area contributed by atoms with Crippen molar-refractivity contribution in [2.75, 3.05) is 26.4 Å². The predicted octanol–water partition coefficient (Wildman–Crippen LogP) is 3.26. The molecule has 19 nitrogen and oxygen atoms in total. The first-order chi connectivity index (χ1) is 34.3. The Balaban J connectivity index is 1.53. The van der Waals surface area contributed by atoms with E-state index in [0.717, 1.165) is 44.9 Å². The number of amides is 1. The van der Waals surface area contributed by atoms with Crippen molar-refractivity contribution in [3.63, 3.8) is 0 Å². The zero-order valence-electron chi connectivity index (χ0n) is 43.2. The van der Waals surface area contributed by atoms with Crippen molar-refractivity contribution >= 4 is 5.91 Å². The molecule has 19 heteroatoms. The van der Waals surface area contributed by atoms with Crippen LogP contribution in [0, 0.1) is 0 Å². The standard InChI is InChI=1S/C52H99NO18/c1-3-5-7-9-11-13-15-17-18-20-22-24-26-28-30-40(58)53-35(36(57)29-27-25-23-21-19-16-14-12-10-8-6-4-2)34-66-50-46(64)43(61)48(38(32-55)68-50)71-52-47(65)44(62)49(39(33-56)69-52)70-51-45(63)42(60)41(59)37(31-54)67-51/h35-39,41-52,54-57,59-65H,3-34H2,1-2H3,(H,53,58). The molecule has 3 heterocycles. The molecule has 0 saturated carbocycles. The Labute approximate surface area is 423 Å². The number of carbonyl (C=O) groups is 1. The van der Waals surface area contributed by atoms with Gasteiger partial charge in [-0.25, -0.2) is 0 Å². The summed E-state index contributed by atoms with van der Waals surface area (Å²) >= 11 is 0. The average molecular weight is 1030 g/mol. The number of nitrogens with one attached hydrogen (secondary N) is 1. The number of aliphatic hydroxyl groups is 11. The predicted molar refractivity (Wildman–Crippen MR) is 264 cm³/mol. The summed E-state index contributed by atoms with van der Waals surface area (Å²) < 4.78 is 34.2. The van der Waals surface area contributed by atoms with Crippen LogP contribution in [-0.2, 0) is 33.2 Å². The van der Waals surface area contributed by atoms with Crippen LogP contribution in [0.3, 0.4) is 0 Å².